The van der Waals surface area contributed by atoms with Crippen LogP contribution in [0.4, 0.5) is 0 Å². The summed E-state index contributed by atoms with van der Waals surface area (Å²) in [7, 11) is 5.70. The second kappa shape index (κ2) is 5.61. The number of hydrogen-bond donors (Lipinski definition) is 1. The number of nitrogens with zero attached hydrogens (tertiary/aromatic N) is 1. The number of nitrogens with one attached hydrogen (secondary N) is 1. The van der Waals surface area contributed by atoms with Gasteiger partial charge in [0.05, 0.1) is 0 Å². The third-order valence-electron chi connectivity index (χ3n) is 1.59. The highest BCUT2D eigenvalue weighted by atomic mass is 15.1. The Hall–Kier alpha value is -0.0151. The Morgan fingerprint density at radius 1 is 1.27 bits per heavy atom. The molecule has 2 nitrogen and oxygen atoms in total. The normalized spacial score (nSPS) is 11.9. The van der Waals surface area contributed by atoms with Crippen LogP contribution in [-0.4, -0.2) is 38.0 Å². The van der Waals surface area contributed by atoms with Gasteiger partial charge in [-0.2, -0.15) is 0 Å². The molecular formula is C8H19BN2. The van der Waals surface area contributed by atoms with Gasteiger partial charge in [0.15, 0.2) is 7.98 Å². The average Bonchev–Trinajstić information content (AvgIpc) is 1.86. The van der Waals surface area contributed by atoms with E-state index in [9.17, 15) is 0 Å². The maximum absolute atomic E-state index is 5.70. The first-order chi connectivity index (χ1) is 5.04. The van der Waals surface area contributed by atoms with Crippen molar-refractivity contribution in [2.45, 2.75) is 39.8 Å². The number of hydrogen-bond acceptors (Lipinski definition) is 2. The molecule has 1 N–H and O–H groups in total. The van der Waals surface area contributed by atoms with E-state index in [2.05, 4.69) is 33.0 Å². The van der Waals surface area contributed by atoms with Crippen LogP contribution < -0.4 is 5.32 Å². The van der Waals surface area contributed by atoms with Gasteiger partial charge >= 0.3 is 0 Å². The van der Waals surface area contributed by atoms with Crippen LogP contribution in [0.2, 0.25) is 0 Å². The minimum atomic E-state index is 0.434. The molecule has 0 atom stereocenters. The highest BCUT2D eigenvalue weighted by Crippen LogP contribution is 1.90. The lowest BCUT2D eigenvalue weighted by Crippen LogP contribution is -2.36. The van der Waals surface area contributed by atoms with Crippen molar-refractivity contribution in [3.8, 4) is 0 Å². The maximum Gasteiger partial charge on any atom is 0.182 e. The Bertz CT molecular complexity index is 94.1. The van der Waals surface area contributed by atoms with E-state index in [-0.39, 0.29) is 0 Å². The summed E-state index contributed by atoms with van der Waals surface area (Å²) in [5.41, 5.74) is 0. The molecule has 0 fully saturated rings. The molecule has 2 radical (unpaired) electrons. The SMILES string of the molecule is [B]N(CCNC(C)C)C(C)C. The van der Waals surface area contributed by atoms with Gasteiger partial charge in [-0.3, -0.25) is 0 Å². The van der Waals surface area contributed by atoms with Gasteiger partial charge in [-0.15, -0.1) is 0 Å². The lowest BCUT2D eigenvalue weighted by molar-refractivity contribution is 0.369. The molecule has 0 aliphatic heterocycles. The zero-order valence-corrected chi connectivity index (χ0v) is 8.09. The van der Waals surface area contributed by atoms with Crippen LogP contribution in [-0.2, 0) is 0 Å². The standard InChI is InChI=1S/C8H19BN2/c1-7(2)10-5-6-11(9)8(3)4/h7-8,10H,5-6H2,1-4H3. The maximum atomic E-state index is 5.70. The molecule has 0 amide bonds. The van der Waals surface area contributed by atoms with Crippen molar-refractivity contribution in [2.75, 3.05) is 13.1 Å². The van der Waals surface area contributed by atoms with Crippen LogP contribution in [0.15, 0.2) is 0 Å². The molecule has 0 aromatic carbocycles. The first kappa shape index (κ1) is 11.0. The van der Waals surface area contributed by atoms with E-state index in [0.717, 1.165) is 13.1 Å². The van der Waals surface area contributed by atoms with Gasteiger partial charge < -0.3 is 10.1 Å². The summed E-state index contributed by atoms with van der Waals surface area (Å²) in [4.78, 5) is 1.84. The van der Waals surface area contributed by atoms with Gasteiger partial charge in [0, 0.05) is 12.6 Å². The Balaban J connectivity index is 3.24. The first-order valence-electron chi connectivity index (χ1n) is 4.28. The average molecular weight is 154 g/mol. The molecule has 0 unspecified atom stereocenters. The smallest absolute Gasteiger partial charge is 0.182 e. The van der Waals surface area contributed by atoms with Crippen LogP contribution >= 0.6 is 0 Å². The van der Waals surface area contributed by atoms with Crippen molar-refractivity contribution in [1.82, 2.24) is 10.1 Å². The minimum Gasteiger partial charge on any atom is -0.350 e. The molecule has 0 bridgehead atoms. The monoisotopic (exact) mass is 154 g/mol. The van der Waals surface area contributed by atoms with E-state index in [1.165, 1.54) is 0 Å². The van der Waals surface area contributed by atoms with Crippen LogP contribution in [0, 0.1) is 0 Å². The molecule has 3 heteroatoms. The zero-order valence-electron chi connectivity index (χ0n) is 8.09. The lowest BCUT2D eigenvalue weighted by Gasteiger charge is -2.22. The first-order valence-corrected chi connectivity index (χ1v) is 4.28. The van der Waals surface area contributed by atoms with Crippen LogP contribution in [0.1, 0.15) is 27.7 Å². The van der Waals surface area contributed by atoms with E-state index >= 15 is 0 Å². The molecule has 64 valence electrons. The fourth-order valence-corrected chi connectivity index (χ4v) is 0.741. The second-order valence-electron chi connectivity index (χ2n) is 3.44. The molecule has 0 saturated heterocycles. The Kier molecular flexibility index (Phi) is 5.60. The third-order valence-corrected chi connectivity index (χ3v) is 1.59. The molecule has 0 rings (SSSR count). The summed E-state index contributed by atoms with van der Waals surface area (Å²) >= 11 is 0. The summed E-state index contributed by atoms with van der Waals surface area (Å²) in [6, 6.07) is 0.986. The van der Waals surface area contributed by atoms with Crippen molar-refractivity contribution in [2.24, 2.45) is 0 Å². The Morgan fingerprint density at radius 2 is 1.82 bits per heavy atom. The topological polar surface area (TPSA) is 15.3 Å². The van der Waals surface area contributed by atoms with Crippen LogP contribution in [0.5, 0.6) is 0 Å². The molecule has 0 aliphatic rings. The molecule has 0 aromatic rings. The quantitative estimate of drug-likeness (QED) is 0.588. The Morgan fingerprint density at radius 3 is 2.18 bits per heavy atom. The van der Waals surface area contributed by atoms with E-state index in [4.69, 9.17) is 7.98 Å². The van der Waals surface area contributed by atoms with Crippen LogP contribution in [0.3, 0.4) is 0 Å². The fraction of sp³-hybridized carbons (Fsp3) is 1.00. The van der Waals surface area contributed by atoms with Gasteiger partial charge in [0.1, 0.15) is 0 Å². The lowest BCUT2D eigenvalue weighted by atomic mass is 10.2. The largest absolute Gasteiger partial charge is 0.350 e. The molecule has 11 heavy (non-hydrogen) atoms. The van der Waals surface area contributed by atoms with Gasteiger partial charge in [-0.25, -0.2) is 0 Å². The van der Waals surface area contributed by atoms with Gasteiger partial charge in [0.25, 0.3) is 0 Å². The van der Waals surface area contributed by atoms with Gasteiger partial charge in [0.2, 0.25) is 0 Å². The van der Waals surface area contributed by atoms with Crippen molar-refractivity contribution in [1.29, 1.82) is 0 Å². The van der Waals surface area contributed by atoms with E-state index < -0.39 is 0 Å². The summed E-state index contributed by atoms with van der Waals surface area (Å²) < 4.78 is 0. The minimum absolute atomic E-state index is 0.434. The zero-order chi connectivity index (χ0) is 8.85. The summed E-state index contributed by atoms with van der Waals surface area (Å²) in [5, 5.41) is 3.31. The van der Waals surface area contributed by atoms with Crippen molar-refractivity contribution in [3.63, 3.8) is 0 Å². The fourth-order valence-electron chi connectivity index (χ4n) is 0.741. The summed E-state index contributed by atoms with van der Waals surface area (Å²) in [5.74, 6) is 0. The molecule has 0 aliphatic carbocycles. The summed E-state index contributed by atoms with van der Waals surface area (Å²) in [6.07, 6.45) is 0. The second-order valence-corrected chi connectivity index (χ2v) is 3.44. The Labute approximate surface area is 71.8 Å². The van der Waals surface area contributed by atoms with Crippen molar-refractivity contribution < 1.29 is 0 Å². The number of rotatable bonds is 5. The molecule has 0 spiro atoms. The molecular weight excluding hydrogens is 135 g/mol. The van der Waals surface area contributed by atoms with E-state index in [0.29, 0.717) is 12.1 Å². The predicted octanol–water partition coefficient (Wildman–Crippen LogP) is 0.778. The van der Waals surface area contributed by atoms with Gasteiger partial charge in [-0.1, -0.05) is 27.7 Å². The van der Waals surface area contributed by atoms with Crippen molar-refractivity contribution >= 4 is 7.98 Å². The molecule has 0 saturated carbocycles. The molecule has 0 aromatic heterocycles. The molecule has 0 heterocycles. The van der Waals surface area contributed by atoms with Gasteiger partial charge in [-0.05, 0) is 12.6 Å². The third kappa shape index (κ3) is 6.39. The van der Waals surface area contributed by atoms with Crippen molar-refractivity contribution in [3.05, 3.63) is 0 Å². The summed E-state index contributed by atoms with van der Waals surface area (Å²) in [6.45, 7) is 10.3. The van der Waals surface area contributed by atoms with E-state index in [1.54, 1.807) is 0 Å². The van der Waals surface area contributed by atoms with E-state index in [1.807, 2.05) is 4.81 Å². The van der Waals surface area contributed by atoms with Crippen LogP contribution in [0.25, 0.3) is 0 Å². The highest BCUT2D eigenvalue weighted by molar-refractivity contribution is 6.04. The predicted molar refractivity (Wildman–Crippen MR) is 50.7 cm³/mol. The highest BCUT2D eigenvalue weighted by Gasteiger charge is 2.01.